The number of anilines is 2. The van der Waals surface area contributed by atoms with Gasteiger partial charge >= 0.3 is 0 Å². The maximum absolute atomic E-state index is 5.15. The Balaban J connectivity index is 1.40. The Morgan fingerprint density at radius 3 is 2.74 bits per heavy atom. The van der Waals surface area contributed by atoms with Crippen LogP contribution in [0, 0.1) is 6.92 Å². The molecule has 1 aromatic heterocycles. The molecule has 3 aromatic rings. The number of nitrogens with zero attached hydrogens (tertiary/aromatic N) is 2. The third-order valence-electron chi connectivity index (χ3n) is 6.16. The number of rotatable bonds is 3. The van der Waals surface area contributed by atoms with E-state index in [0.29, 0.717) is 12.0 Å². The molecule has 1 fully saturated rings. The number of hydrogen-bond acceptors (Lipinski definition) is 5. The fraction of sp³-hybridized carbons (Fsp3) is 0.346. The molecule has 2 aliphatic heterocycles. The van der Waals surface area contributed by atoms with Crippen molar-refractivity contribution in [2.75, 3.05) is 25.0 Å². The molecule has 5 rings (SSSR count). The second-order valence-corrected chi connectivity index (χ2v) is 10.1. The van der Waals surface area contributed by atoms with Gasteiger partial charge in [0.15, 0.2) is 0 Å². The van der Waals surface area contributed by atoms with Gasteiger partial charge < -0.3 is 15.5 Å². The van der Waals surface area contributed by atoms with E-state index < -0.39 is 0 Å². The van der Waals surface area contributed by atoms with Crippen molar-refractivity contribution in [2.24, 2.45) is 4.99 Å². The van der Waals surface area contributed by atoms with E-state index in [1.165, 1.54) is 26.6 Å². The van der Waals surface area contributed by atoms with Crippen molar-refractivity contribution in [3.8, 4) is 0 Å². The molecule has 0 amide bonds. The molecule has 4 nitrogen and oxygen atoms in total. The smallest absolute Gasteiger partial charge is 0.139 e. The summed E-state index contributed by atoms with van der Waals surface area (Å²) >= 11 is 1.81. The molecule has 0 saturated carbocycles. The van der Waals surface area contributed by atoms with Crippen molar-refractivity contribution in [2.45, 2.75) is 39.2 Å². The lowest BCUT2D eigenvalue weighted by Crippen LogP contribution is -2.53. The Bertz CT molecular complexity index is 1100. The Labute approximate surface area is 189 Å². The highest BCUT2D eigenvalue weighted by Gasteiger charge is 2.27. The van der Waals surface area contributed by atoms with E-state index >= 15 is 0 Å². The van der Waals surface area contributed by atoms with Crippen molar-refractivity contribution >= 4 is 33.5 Å². The maximum Gasteiger partial charge on any atom is 0.139 e. The van der Waals surface area contributed by atoms with Gasteiger partial charge in [0, 0.05) is 30.6 Å². The van der Waals surface area contributed by atoms with Crippen molar-refractivity contribution < 1.29 is 0 Å². The van der Waals surface area contributed by atoms with Gasteiger partial charge in [0.05, 0.1) is 16.9 Å². The van der Waals surface area contributed by atoms with Crippen molar-refractivity contribution in [1.29, 1.82) is 0 Å². The average Bonchev–Trinajstić information content (AvgIpc) is 3.05. The zero-order valence-electron chi connectivity index (χ0n) is 18.5. The Morgan fingerprint density at radius 1 is 1.13 bits per heavy atom. The second kappa shape index (κ2) is 8.48. The molecule has 31 heavy (non-hydrogen) atoms. The van der Waals surface area contributed by atoms with Crippen LogP contribution in [-0.2, 0) is 6.42 Å². The summed E-state index contributed by atoms with van der Waals surface area (Å²) in [6, 6.07) is 20.2. The molecule has 2 aliphatic rings. The normalized spacial score (nSPS) is 18.1. The van der Waals surface area contributed by atoms with Crippen LogP contribution in [0.2, 0.25) is 0 Å². The molecule has 0 spiro atoms. The van der Waals surface area contributed by atoms with Crippen LogP contribution < -0.4 is 10.6 Å². The minimum absolute atomic E-state index is 0.413. The number of aryl methyl sites for hydroxylation is 1. The molecule has 1 unspecified atom stereocenters. The highest BCUT2D eigenvalue weighted by Crippen LogP contribution is 2.39. The number of benzene rings is 2. The number of piperazine rings is 1. The zero-order chi connectivity index (χ0) is 21.4. The number of para-hydroxylation sites is 2. The lowest BCUT2D eigenvalue weighted by Gasteiger charge is -2.36. The zero-order valence-corrected chi connectivity index (χ0v) is 19.3. The number of aliphatic imine (C=N–C) groups is 1. The van der Waals surface area contributed by atoms with Gasteiger partial charge in [-0.3, -0.25) is 0 Å². The standard InChI is InChI=1S/C26H30N4S/c1-17(2)20-10-8-19(9-11-20)15-21-16-30(13-12-27-21)25-22-14-18(3)31-26(22)29-24-7-5-4-6-23(24)28-25/h4-11,14,17,21,27,29H,12-13,15-16H2,1-3H3. The molecule has 1 saturated heterocycles. The molecule has 0 aliphatic carbocycles. The average molecular weight is 431 g/mol. The molecule has 5 heteroatoms. The summed E-state index contributed by atoms with van der Waals surface area (Å²) < 4.78 is 0. The summed E-state index contributed by atoms with van der Waals surface area (Å²) in [7, 11) is 0. The minimum Gasteiger partial charge on any atom is -0.353 e. The lowest BCUT2D eigenvalue weighted by molar-refractivity contribution is 0.290. The Morgan fingerprint density at radius 2 is 1.94 bits per heavy atom. The molecule has 160 valence electrons. The van der Waals surface area contributed by atoms with Crippen LogP contribution in [0.1, 0.15) is 41.3 Å². The third-order valence-corrected chi connectivity index (χ3v) is 7.12. The summed E-state index contributed by atoms with van der Waals surface area (Å²) in [5.41, 5.74) is 6.11. The fourth-order valence-corrected chi connectivity index (χ4v) is 5.39. The number of fused-ring (bicyclic) bond motifs is 2. The van der Waals surface area contributed by atoms with Crippen LogP contribution in [0.25, 0.3) is 0 Å². The van der Waals surface area contributed by atoms with Crippen molar-refractivity contribution in [3.63, 3.8) is 0 Å². The Hall–Kier alpha value is -2.63. The van der Waals surface area contributed by atoms with Gasteiger partial charge in [-0.15, -0.1) is 11.3 Å². The van der Waals surface area contributed by atoms with E-state index in [0.717, 1.165) is 43.3 Å². The summed E-state index contributed by atoms with van der Waals surface area (Å²) in [6.07, 6.45) is 1.03. The van der Waals surface area contributed by atoms with Crippen LogP contribution in [0.5, 0.6) is 0 Å². The van der Waals surface area contributed by atoms with E-state index in [2.05, 4.69) is 90.9 Å². The predicted molar refractivity (Wildman–Crippen MR) is 133 cm³/mol. The van der Waals surface area contributed by atoms with Crippen molar-refractivity contribution in [1.82, 2.24) is 10.2 Å². The fourth-order valence-electron chi connectivity index (χ4n) is 4.47. The summed E-state index contributed by atoms with van der Waals surface area (Å²) in [5, 5.41) is 8.54. The first kappa shape index (κ1) is 20.3. The van der Waals surface area contributed by atoms with Gasteiger partial charge in [0.25, 0.3) is 0 Å². The summed E-state index contributed by atoms with van der Waals surface area (Å²) in [6.45, 7) is 9.57. The van der Waals surface area contributed by atoms with Crippen LogP contribution in [0.4, 0.5) is 16.4 Å². The first-order valence-corrected chi connectivity index (χ1v) is 12.0. The minimum atomic E-state index is 0.413. The molecular weight excluding hydrogens is 400 g/mol. The van der Waals surface area contributed by atoms with Gasteiger partial charge in [0.2, 0.25) is 0 Å². The predicted octanol–water partition coefficient (Wildman–Crippen LogP) is 5.83. The topological polar surface area (TPSA) is 39.7 Å². The van der Waals surface area contributed by atoms with E-state index in [1.54, 1.807) is 0 Å². The van der Waals surface area contributed by atoms with Crippen LogP contribution in [-0.4, -0.2) is 36.4 Å². The molecular formula is C26H30N4S. The number of hydrogen-bond donors (Lipinski definition) is 2. The monoisotopic (exact) mass is 430 g/mol. The highest BCUT2D eigenvalue weighted by atomic mass is 32.1. The maximum atomic E-state index is 5.15. The van der Waals surface area contributed by atoms with Gasteiger partial charge in [-0.05, 0) is 48.6 Å². The molecule has 2 N–H and O–H groups in total. The lowest BCUT2D eigenvalue weighted by atomic mass is 9.98. The van der Waals surface area contributed by atoms with Crippen LogP contribution in [0.3, 0.4) is 0 Å². The van der Waals surface area contributed by atoms with Crippen molar-refractivity contribution in [3.05, 3.63) is 76.2 Å². The first-order chi connectivity index (χ1) is 15.1. The number of thiophene rings is 1. The third kappa shape index (κ3) is 4.25. The molecule has 1 atom stereocenters. The number of nitrogens with one attached hydrogen (secondary N) is 2. The quantitative estimate of drug-likeness (QED) is 0.549. The summed E-state index contributed by atoms with van der Waals surface area (Å²) in [4.78, 5) is 8.93. The number of amidine groups is 1. The van der Waals surface area contributed by atoms with E-state index in [9.17, 15) is 0 Å². The highest BCUT2D eigenvalue weighted by molar-refractivity contribution is 7.16. The van der Waals surface area contributed by atoms with Gasteiger partial charge in [-0.25, -0.2) is 4.99 Å². The van der Waals surface area contributed by atoms with Gasteiger partial charge in [-0.1, -0.05) is 50.2 Å². The first-order valence-electron chi connectivity index (χ1n) is 11.2. The molecule has 3 heterocycles. The largest absolute Gasteiger partial charge is 0.353 e. The molecule has 2 aromatic carbocycles. The molecule has 0 bridgehead atoms. The van der Waals surface area contributed by atoms with Gasteiger partial charge in [0.1, 0.15) is 10.8 Å². The van der Waals surface area contributed by atoms with E-state index in [4.69, 9.17) is 4.99 Å². The van der Waals surface area contributed by atoms with Gasteiger partial charge in [-0.2, -0.15) is 0 Å². The SMILES string of the molecule is Cc1cc2c(s1)Nc1ccccc1N=C2N1CCNC(Cc2ccc(C(C)C)cc2)C1. The summed E-state index contributed by atoms with van der Waals surface area (Å²) in [5.74, 6) is 1.67. The van der Waals surface area contributed by atoms with Crippen LogP contribution in [0.15, 0.2) is 59.6 Å². The second-order valence-electron chi connectivity index (χ2n) is 8.87. The van der Waals surface area contributed by atoms with E-state index in [1.807, 2.05) is 11.3 Å². The van der Waals surface area contributed by atoms with Crippen LogP contribution >= 0.6 is 11.3 Å². The Kier molecular flexibility index (Phi) is 5.55. The molecule has 0 radical (unpaired) electrons. The van der Waals surface area contributed by atoms with E-state index in [-0.39, 0.29) is 0 Å².